The van der Waals surface area contributed by atoms with Gasteiger partial charge in [0.1, 0.15) is 5.82 Å². The number of aromatic nitrogens is 2. The molecule has 1 aromatic heterocycles. The summed E-state index contributed by atoms with van der Waals surface area (Å²) in [7, 11) is 0. The van der Waals surface area contributed by atoms with Gasteiger partial charge in [0.05, 0.1) is 34.6 Å². The van der Waals surface area contributed by atoms with Crippen LogP contribution in [0.3, 0.4) is 0 Å². The van der Waals surface area contributed by atoms with Crippen molar-refractivity contribution in [2.75, 3.05) is 0 Å². The molecule has 1 unspecified atom stereocenters. The Bertz CT molecular complexity index is 614. The van der Waals surface area contributed by atoms with Crippen LogP contribution in [-0.2, 0) is 6.54 Å². The van der Waals surface area contributed by atoms with E-state index in [0.29, 0.717) is 22.4 Å². The molecule has 2 aromatic rings. The first-order valence-electron chi connectivity index (χ1n) is 5.35. The molecule has 3 nitrogen and oxygen atoms in total. The average molecular weight is 270 g/mol. The van der Waals surface area contributed by atoms with Crippen molar-refractivity contribution >= 4 is 22.6 Å². The topological polar surface area (TPSA) is 41.6 Å². The standard InChI is InChI=1S/C12H10ClF2N3/c1-7(13)12-17-9-3-2-8(5-16)4-10(9)18(12)6-11(14)15/h2-4,7,11H,6H2,1H3. The van der Waals surface area contributed by atoms with Crippen LogP contribution in [-0.4, -0.2) is 16.0 Å². The van der Waals surface area contributed by atoms with Crippen molar-refractivity contribution in [2.24, 2.45) is 0 Å². The number of nitrogens with zero attached hydrogens (tertiary/aromatic N) is 3. The largest absolute Gasteiger partial charge is 0.321 e. The first-order valence-corrected chi connectivity index (χ1v) is 5.79. The maximum Gasteiger partial charge on any atom is 0.256 e. The van der Waals surface area contributed by atoms with Gasteiger partial charge in [-0.25, -0.2) is 13.8 Å². The van der Waals surface area contributed by atoms with E-state index in [9.17, 15) is 8.78 Å². The Balaban J connectivity index is 2.66. The Hall–Kier alpha value is -1.67. The predicted molar refractivity (Wildman–Crippen MR) is 64.7 cm³/mol. The minimum atomic E-state index is -2.50. The van der Waals surface area contributed by atoms with Crippen LogP contribution in [0, 0.1) is 11.3 Å². The first-order chi connectivity index (χ1) is 8.52. The molecule has 2 rings (SSSR count). The summed E-state index contributed by atoms with van der Waals surface area (Å²) in [6.45, 7) is 1.20. The average Bonchev–Trinajstić information content (AvgIpc) is 2.67. The summed E-state index contributed by atoms with van der Waals surface area (Å²) in [6.07, 6.45) is -2.50. The molecule has 0 amide bonds. The molecule has 18 heavy (non-hydrogen) atoms. The SMILES string of the molecule is CC(Cl)c1nc2ccc(C#N)cc2n1CC(F)F. The van der Waals surface area contributed by atoms with Crippen molar-refractivity contribution < 1.29 is 8.78 Å². The van der Waals surface area contributed by atoms with Crippen LogP contribution in [0.1, 0.15) is 23.7 Å². The summed E-state index contributed by atoms with van der Waals surface area (Å²) in [5.41, 5.74) is 1.49. The van der Waals surface area contributed by atoms with E-state index in [4.69, 9.17) is 16.9 Å². The smallest absolute Gasteiger partial charge is 0.256 e. The summed E-state index contributed by atoms with van der Waals surface area (Å²) in [4.78, 5) is 4.23. The van der Waals surface area contributed by atoms with Crippen LogP contribution < -0.4 is 0 Å². The van der Waals surface area contributed by atoms with Gasteiger partial charge in [-0.05, 0) is 25.1 Å². The number of alkyl halides is 3. The van der Waals surface area contributed by atoms with E-state index in [2.05, 4.69) is 4.98 Å². The van der Waals surface area contributed by atoms with Crippen LogP contribution >= 0.6 is 11.6 Å². The summed E-state index contributed by atoms with van der Waals surface area (Å²) in [5, 5.41) is 8.36. The van der Waals surface area contributed by atoms with Crippen molar-refractivity contribution in [2.45, 2.75) is 25.3 Å². The van der Waals surface area contributed by atoms with E-state index in [0.717, 1.165) is 0 Å². The van der Waals surface area contributed by atoms with E-state index in [1.807, 2.05) is 6.07 Å². The second-order valence-corrected chi connectivity index (χ2v) is 4.56. The molecule has 0 saturated carbocycles. The van der Waals surface area contributed by atoms with Crippen LogP contribution in [0.4, 0.5) is 8.78 Å². The number of halogens is 3. The van der Waals surface area contributed by atoms with Crippen LogP contribution in [0.15, 0.2) is 18.2 Å². The maximum absolute atomic E-state index is 12.6. The first kappa shape index (κ1) is 12.8. The van der Waals surface area contributed by atoms with E-state index in [1.54, 1.807) is 25.1 Å². The second-order valence-electron chi connectivity index (χ2n) is 3.90. The Morgan fingerprint density at radius 3 is 2.78 bits per heavy atom. The number of hydrogen-bond donors (Lipinski definition) is 0. The van der Waals surface area contributed by atoms with Crippen molar-refractivity contribution in [3.8, 4) is 6.07 Å². The lowest BCUT2D eigenvalue weighted by Gasteiger charge is -2.09. The summed E-state index contributed by atoms with van der Waals surface area (Å²) in [5.74, 6) is 0.391. The van der Waals surface area contributed by atoms with Gasteiger partial charge in [-0.2, -0.15) is 5.26 Å². The number of nitriles is 1. The lowest BCUT2D eigenvalue weighted by molar-refractivity contribution is 0.127. The second kappa shape index (κ2) is 4.91. The van der Waals surface area contributed by atoms with E-state index in [1.165, 1.54) is 4.57 Å². The molecule has 0 aliphatic rings. The number of benzene rings is 1. The third-order valence-electron chi connectivity index (χ3n) is 2.58. The highest BCUT2D eigenvalue weighted by Gasteiger charge is 2.18. The van der Waals surface area contributed by atoms with Gasteiger partial charge in [-0.15, -0.1) is 11.6 Å². The van der Waals surface area contributed by atoms with Crippen molar-refractivity contribution in [3.63, 3.8) is 0 Å². The number of hydrogen-bond acceptors (Lipinski definition) is 2. The van der Waals surface area contributed by atoms with Gasteiger partial charge in [0.2, 0.25) is 0 Å². The molecular weight excluding hydrogens is 260 g/mol. The molecule has 0 spiro atoms. The van der Waals surface area contributed by atoms with Gasteiger partial charge >= 0.3 is 0 Å². The Kier molecular flexibility index (Phi) is 3.48. The van der Waals surface area contributed by atoms with Gasteiger partial charge in [0.15, 0.2) is 0 Å². The molecule has 1 aromatic carbocycles. The fraction of sp³-hybridized carbons (Fsp3) is 0.333. The van der Waals surface area contributed by atoms with Crippen LogP contribution in [0.2, 0.25) is 0 Å². The quantitative estimate of drug-likeness (QED) is 0.801. The zero-order valence-corrected chi connectivity index (χ0v) is 10.3. The van der Waals surface area contributed by atoms with E-state index < -0.39 is 18.3 Å². The fourth-order valence-electron chi connectivity index (χ4n) is 1.84. The van der Waals surface area contributed by atoms with E-state index in [-0.39, 0.29) is 0 Å². The zero-order valence-electron chi connectivity index (χ0n) is 9.57. The fourth-order valence-corrected chi connectivity index (χ4v) is 2.01. The van der Waals surface area contributed by atoms with Gasteiger partial charge in [0, 0.05) is 0 Å². The molecule has 1 heterocycles. The van der Waals surface area contributed by atoms with Crippen molar-refractivity contribution in [1.29, 1.82) is 5.26 Å². The third-order valence-corrected chi connectivity index (χ3v) is 2.78. The Morgan fingerprint density at radius 2 is 2.22 bits per heavy atom. The molecule has 0 bridgehead atoms. The molecule has 0 N–H and O–H groups in total. The van der Waals surface area contributed by atoms with Crippen LogP contribution in [0.25, 0.3) is 11.0 Å². The highest BCUT2D eigenvalue weighted by atomic mass is 35.5. The summed E-state index contributed by atoms with van der Waals surface area (Å²) < 4.78 is 26.6. The van der Waals surface area contributed by atoms with Crippen molar-refractivity contribution in [3.05, 3.63) is 29.6 Å². The molecule has 6 heteroatoms. The van der Waals surface area contributed by atoms with Gasteiger partial charge in [-0.3, -0.25) is 0 Å². The molecule has 0 aliphatic carbocycles. The van der Waals surface area contributed by atoms with Gasteiger partial charge in [0.25, 0.3) is 6.43 Å². The molecular formula is C12H10ClF2N3. The summed E-state index contributed by atoms with van der Waals surface area (Å²) >= 11 is 5.94. The minimum absolute atomic E-state index is 0.391. The highest BCUT2D eigenvalue weighted by Crippen LogP contribution is 2.26. The number of fused-ring (bicyclic) bond motifs is 1. The van der Waals surface area contributed by atoms with Gasteiger partial charge in [-0.1, -0.05) is 0 Å². The molecule has 0 aliphatic heterocycles. The Morgan fingerprint density at radius 1 is 1.50 bits per heavy atom. The molecule has 1 atom stereocenters. The minimum Gasteiger partial charge on any atom is -0.321 e. The highest BCUT2D eigenvalue weighted by molar-refractivity contribution is 6.20. The normalized spacial score (nSPS) is 12.9. The Labute approximate surface area is 108 Å². The molecule has 0 radical (unpaired) electrons. The number of imidazole rings is 1. The zero-order chi connectivity index (χ0) is 13.3. The molecule has 94 valence electrons. The number of rotatable bonds is 3. The maximum atomic E-state index is 12.6. The van der Waals surface area contributed by atoms with E-state index >= 15 is 0 Å². The predicted octanol–water partition coefficient (Wildman–Crippen LogP) is 3.47. The van der Waals surface area contributed by atoms with Crippen LogP contribution in [0.5, 0.6) is 0 Å². The lowest BCUT2D eigenvalue weighted by Crippen LogP contribution is -2.10. The monoisotopic (exact) mass is 269 g/mol. The lowest BCUT2D eigenvalue weighted by atomic mass is 10.2. The summed E-state index contributed by atoms with van der Waals surface area (Å²) in [6, 6.07) is 6.77. The molecule has 0 saturated heterocycles. The van der Waals surface area contributed by atoms with Crippen molar-refractivity contribution in [1.82, 2.24) is 9.55 Å². The van der Waals surface area contributed by atoms with Gasteiger partial charge < -0.3 is 4.57 Å². The molecule has 0 fully saturated rings. The third kappa shape index (κ3) is 2.29.